The number of thiophene rings is 2. The molecule has 6 aromatic carbocycles. The van der Waals surface area contributed by atoms with Crippen LogP contribution in [0.15, 0.2) is 101 Å². The zero-order valence-electron chi connectivity index (χ0n) is 28.4. The second kappa shape index (κ2) is 11.2. The van der Waals surface area contributed by atoms with Crippen molar-refractivity contribution in [2.45, 2.75) is 41.5 Å². The molecule has 0 saturated heterocycles. The molecule has 0 fully saturated rings. The van der Waals surface area contributed by atoms with Gasteiger partial charge in [-0.05, 0) is 147 Å². The van der Waals surface area contributed by atoms with Gasteiger partial charge in [0.05, 0.1) is 0 Å². The molecule has 0 amide bonds. The Morgan fingerprint density at radius 3 is 1.10 bits per heavy atom. The average molecular weight is 671 g/mol. The molecule has 9 rings (SSSR count). The van der Waals surface area contributed by atoms with E-state index in [1.54, 1.807) is 0 Å². The van der Waals surface area contributed by atoms with Crippen molar-refractivity contribution < 1.29 is 4.42 Å². The smallest absolute Gasteiger partial charge is 0.248 e. The summed E-state index contributed by atoms with van der Waals surface area (Å²) in [5, 5.41) is 14.2. The van der Waals surface area contributed by atoms with Gasteiger partial charge in [-0.3, -0.25) is 0 Å². The van der Waals surface area contributed by atoms with Gasteiger partial charge in [-0.25, -0.2) is 0 Å². The monoisotopic (exact) mass is 670 g/mol. The predicted molar refractivity (Wildman–Crippen MR) is 210 cm³/mol. The molecule has 0 radical (unpaired) electrons. The van der Waals surface area contributed by atoms with E-state index < -0.39 is 0 Å². The van der Waals surface area contributed by atoms with Gasteiger partial charge in [0.1, 0.15) is 0 Å². The summed E-state index contributed by atoms with van der Waals surface area (Å²) < 4.78 is 11.6. The number of hydrogen-bond donors (Lipinski definition) is 0. The van der Waals surface area contributed by atoms with Gasteiger partial charge in [-0.2, -0.15) is 0 Å². The molecule has 0 saturated carbocycles. The van der Waals surface area contributed by atoms with E-state index in [4.69, 9.17) is 4.42 Å². The predicted octanol–water partition coefficient (Wildman–Crippen LogP) is 13.3. The molecule has 49 heavy (non-hydrogen) atoms. The Hall–Kier alpha value is -5.10. The molecule has 9 aromatic rings. The number of benzene rings is 6. The zero-order valence-corrected chi connectivity index (χ0v) is 30.0. The Labute approximate surface area is 293 Å². The number of aromatic nitrogens is 2. The third kappa shape index (κ3) is 4.99. The second-order valence-corrected chi connectivity index (χ2v) is 15.6. The van der Waals surface area contributed by atoms with Crippen molar-refractivity contribution in [3.8, 4) is 45.2 Å². The SMILES string of the molecule is Cc1cc(C)c2sc3c(-c4ccc(-c5nnc(-c6ccc(-c7cc(C)cc8c7sc7c(C)cc(C)cc78)cc6)o5)cc4)cc(C)cc3c2c1. The van der Waals surface area contributed by atoms with Crippen LogP contribution in [0, 0.1) is 41.5 Å². The molecule has 238 valence electrons. The lowest BCUT2D eigenvalue weighted by molar-refractivity contribution is 0.584. The van der Waals surface area contributed by atoms with Crippen molar-refractivity contribution >= 4 is 63.0 Å². The third-order valence-corrected chi connectivity index (χ3v) is 12.4. The lowest BCUT2D eigenvalue weighted by atomic mass is 9.98. The van der Waals surface area contributed by atoms with Crippen LogP contribution < -0.4 is 0 Å². The van der Waals surface area contributed by atoms with E-state index in [0.717, 1.165) is 11.1 Å². The van der Waals surface area contributed by atoms with E-state index in [-0.39, 0.29) is 0 Å². The van der Waals surface area contributed by atoms with Crippen LogP contribution in [0.5, 0.6) is 0 Å². The van der Waals surface area contributed by atoms with E-state index in [0.29, 0.717) is 11.8 Å². The molecule has 0 aliphatic heterocycles. The first kappa shape index (κ1) is 30.0. The summed E-state index contributed by atoms with van der Waals surface area (Å²) >= 11 is 3.78. The quantitative estimate of drug-likeness (QED) is 0.187. The molecule has 3 nitrogen and oxygen atoms in total. The van der Waals surface area contributed by atoms with Gasteiger partial charge in [0.2, 0.25) is 11.8 Å². The molecule has 0 spiro atoms. The molecule has 3 heterocycles. The highest BCUT2D eigenvalue weighted by molar-refractivity contribution is 7.27. The van der Waals surface area contributed by atoms with E-state index in [9.17, 15) is 0 Å². The summed E-state index contributed by atoms with van der Waals surface area (Å²) in [4.78, 5) is 0. The molecule has 5 heteroatoms. The van der Waals surface area contributed by atoms with Crippen LogP contribution in [0.2, 0.25) is 0 Å². The Balaban J connectivity index is 1.03. The Bertz CT molecular complexity index is 2570. The maximum absolute atomic E-state index is 6.24. The number of aryl methyl sites for hydroxylation is 6. The Kier molecular flexibility index (Phi) is 6.87. The second-order valence-electron chi connectivity index (χ2n) is 13.6. The lowest BCUT2D eigenvalue weighted by Crippen LogP contribution is -1.83. The first-order valence-electron chi connectivity index (χ1n) is 16.6. The minimum atomic E-state index is 0.518. The topological polar surface area (TPSA) is 38.9 Å². The van der Waals surface area contributed by atoms with Gasteiger partial charge in [0.15, 0.2) is 0 Å². The van der Waals surface area contributed by atoms with Crippen LogP contribution in [0.1, 0.15) is 33.4 Å². The molecule has 0 bridgehead atoms. The first-order chi connectivity index (χ1) is 23.7. The normalized spacial score (nSPS) is 11.9. The van der Waals surface area contributed by atoms with Crippen molar-refractivity contribution in [1.82, 2.24) is 10.2 Å². The van der Waals surface area contributed by atoms with Crippen LogP contribution in [-0.4, -0.2) is 10.2 Å². The molecule has 0 aliphatic rings. The van der Waals surface area contributed by atoms with Gasteiger partial charge >= 0.3 is 0 Å². The number of hydrogen-bond acceptors (Lipinski definition) is 5. The van der Waals surface area contributed by atoms with Crippen molar-refractivity contribution in [3.05, 3.63) is 130 Å². The largest absolute Gasteiger partial charge is 0.416 e. The van der Waals surface area contributed by atoms with Gasteiger partial charge < -0.3 is 4.42 Å². The molecular weight excluding hydrogens is 637 g/mol. The Morgan fingerprint density at radius 1 is 0.388 bits per heavy atom. The van der Waals surface area contributed by atoms with Gasteiger partial charge in [0.25, 0.3) is 0 Å². The molecule has 3 aromatic heterocycles. The molecule has 0 atom stereocenters. The summed E-state index contributed by atoms with van der Waals surface area (Å²) in [6.45, 7) is 13.2. The van der Waals surface area contributed by atoms with Crippen molar-refractivity contribution in [2.24, 2.45) is 0 Å². The van der Waals surface area contributed by atoms with E-state index in [2.05, 4.69) is 149 Å². The van der Waals surface area contributed by atoms with Crippen molar-refractivity contribution in [2.75, 3.05) is 0 Å². The highest BCUT2D eigenvalue weighted by Gasteiger charge is 2.17. The maximum atomic E-state index is 6.24. The summed E-state index contributed by atoms with van der Waals surface area (Å²) in [5.74, 6) is 1.04. The van der Waals surface area contributed by atoms with Crippen LogP contribution in [-0.2, 0) is 0 Å². The minimum absolute atomic E-state index is 0.518. The van der Waals surface area contributed by atoms with Crippen molar-refractivity contribution in [1.29, 1.82) is 0 Å². The Morgan fingerprint density at radius 2 is 0.714 bits per heavy atom. The third-order valence-electron chi connectivity index (χ3n) is 9.60. The standard InChI is InChI=1S/C44H34N2OS2/c1-23-15-27(5)39-35(19-23)37-21-25(3)17-33(41(37)48-39)29-7-11-31(12-8-29)43-45-46-44(47-43)32-13-9-30(10-14-32)34-18-26(4)22-38-36-20-24(2)16-28(6)40(36)49-42(34)38/h7-22H,1-6H3. The van der Waals surface area contributed by atoms with Crippen LogP contribution in [0.4, 0.5) is 0 Å². The first-order valence-corrected chi connectivity index (χ1v) is 18.3. The summed E-state index contributed by atoms with van der Waals surface area (Å²) in [6, 6.07) is 35.5. The fraction of sp³-hybridized carbons (Fsp3) is 0.136. The molecular formula is C44H34N2OS2. The van der Waals surface area contributed by atoms with Crippen molar-refractivity contribution in [3.63, 3.8) is 0 Å². The molecule has 0 aliphatic carbocycles. The maximum Gasteiger partial charge on any atom is 0.248 e. The van der Waals surface area contributed by atoms with E-state index >= 15 is 0 Å². The molecule has 0 unspecified atom stereocenters. The highest BCUT2D eigenvalue weighted by Crippen LogP contribution is 2.44. The van der Waals surface area contributed by atoms with Gasteiger partial charge in [-0.1, -0.05) is 47.5 Å². The summed E-state index contributed by atoms with van der Waals surface area (Å²) in [7, 11) is 0. The number of nitrogens with zero attached hydrogens (tertiary/aromatic N) is 2. The number of rotatable bonds is 4. The lowest BCUT2D eigenvalue weighted by Gasteiger charge is -2.07. The fourth-order valence-corrected chi connectivity index (χ4v) is 9.96. The van der Waals surface area contributed by atoms with Gasteiger partial charge in [0, 0.05) is 51.5 Å². The van der Waals surface area contributed by atoms with Crippen LogP contribution in [0.3, 0.4) is 0 Å². The van der Waals surface area contributed by atoms with Crippen LogP contribution >= 0.6 is 22.7 Å². The zero-order chi connectivity index (χ0) is 33.6. The fourth-order valence-electron chi connectivity index (χ4n) is 7.42. The number of fused-ring (bicyclic) bond motifs is 6. The van der Waals surface area contributed by atoms with E-state index in [1.807, 2.05) is 22.7 Å². The molecule has 0 N–H and O–H groups in total. The van der Waals surface area contributed by atoms with Gasteiger partial charge in [-0.15, -0.1) is 32.9 Å². The summed E-state index contributed by atoms with van der Waals surface area (Å²) in [6.07, 6.45) is 0. The van der Waals surface area contributed by atoms with Crippen LogP contribution in [0.25, 0.3) is 85.5 Å². The highest BCUT2D eigenvalue weighted by atomic mass is 32.1. The van der Waals surface area contributed by atoms with E-state index in [1.165, 1.54) is 96.0 Å². The minimum Gasteiger partial charge on any atom is -0.416 e. The summed E-state index contributed by atoms with van der Waals surface area (Å²) in [5.41, 5.74) is 14.5. The average Bonchev–Trinajstić information content (AvgIpc) is 3.81.